The van der Waals surface area contributed by atoms with Crippen LogP contribution in [0, 0.1) is 0 Å². The SMILES string of the molecule is O=Cc1cc2nc(C=O)sc2o1. The molecule has 0 aliphatic carbocycles. The van der Waals surface area contributed by atoms with E-state index in [9.17, 15) is 9.59 Å². The van der Waals surface area contributed by atoms with Crippen LogP contribution >= 0.6 is 11.3 Å². The molecule has 0 amide bonds. The van der Waals surface area contributed by atoms with Crippen LogP contribution in [0.1, 0.15) is 20.4 Å². The lowest BCUT2D eigenvalue weighted by Crippen LogP contribution is -1.73. The Morgan fingerprint density at radius 3 is 2.83 bits per heavy atom. The van der Waals surface area contributed by atoms with Crippen LogP contribution in [-0.4, -0.2) is 17.6 Å². The number of hydrogen-bond donors (Lipinski definition) is 0. The molecule has 4 nitrogen and oxygen atoms in total. The van der Waals surface area contributed by atoms with Gasteiger partial charge in [0.15, 0.2) is 23.3 Å². The average Bonchev–Trinajstić information content (AvgIpc) is 2.59. The van der Waals surface area contributed by atoms with Gasteiger partial charge in [-0.05, 0) is 0 Å². The van der Waals surface area contributed by atoms with Crippen molar-refractivity contribution in [2.45, 2.75) is 0 Å². The van der Waals surface area contributed by atoms with Crippen molar-refractivity contribution >= 4 is 34.3 Å². The van der Waals surface area contributed by atoms with Crippen LogP contribution in [0.3, 0.4) is 0 Å². The molecule has 2 aromatic rings. The van der Waals surface area contributed by atoms with Gasteiger partial charge in [0.05, 0.1) is 0 Å². The summed E-state index contributed by atoms with van der Waals surface area (Å²) in [5.74, 6) is 0.237. The molecule has 0 unspecified atom stereocenters. The minimum Gasteiger partial charge on any atom is -0.441 e. The van der Waals surface area contributed by atoms with Crippen molar-refractivity contribution in [2.75, 3.05) is 0 Å². The number of thiazole rings is 1. The molecule has 0 aromatic carbocycles. The van der Waals surface area contributed by atoms with Gasteiger partial charge in [0.2, 0.25) is 4.90 Å². The zero-order valence-corrected chi connectivity index (χ0v) is 6.63. The first-order valence-corrected chi connectivity index (χ1v) is 3.96. The molecule has 0 spiro atoms. The maximum absolute atomic E-state index is 10.3. The van der Waals surface area contributed by atoms with Crippen LogP contribution in [0.25, 0.3) is 10.4 Å². The molecule has 0 aliphatic rings. The molecule has 0 aliphatic heterocycles. The highest BCUT2D eigenvalue weighted by molar-refractivity contribution is 7.19. The Hall–Kier alpha value is -1.49. The Bertz CT molecular complexity index is 373. The lowest BCUT2D eigenvalue weighted by molar-refractivity contribution is 0.110. The monoisotopic (exact) mass is 181 g/mol. The quantitative estimate of drug-likeness (QED) is 0.659. The summed E-state index contributed by atoms with van der Waals surface area (Å²) in [4.78, 5) is 24.9. The average molecular weight is 181 g/mol. The Morgan fingerprint density at radius 2 is 2.25 bits per heavy atom. The molecular weight excluding hydrogens is 178 g/mol. The zero-order valence-electron chi connectivity index (χ0n) is 5.81. The second-order valence-electron chi connectivity index (χ2n) is 2.11. The molecule has 0 saturated heterocycles. The van der Waals surface area contributed by atoms with Crippen LogP contribution in [0.2, 0.25) is 0 Å². The van der Waals surface area contributed by atoms with Gasteiger partial charge in [0, 0.05) is 6.07 Å². The smallest absolute Gasteiger partial charge is 0.209 e. The van der Waals surface area contributed by atoms with Crippen molar-refractivity contribution < 1.29 is 14.0 Å². The highest BCUT2D eigenvalue weighted by Gasteiger charge is 2.08. The molecule has 2 rings (SSSR count). The Balaban J connectivity index is 2.66. The number of carbonyl (C=O) groups is 2. The molecule has 0 saturated carbocycles. The van der Waals surface area contributed by atoms with E-state index in [1.54, 1.807) is 0 Å². The fourth-order valence-electron chi connectivity index (χ4n) is 0.878. The summed E-state index contributed by atoms with van der Waals surface area (Å²) in [7, 11) is 0. The summed E-state index contributed by atoms with van der Waals surface area (Å²) in [6, 6.07) is 1.51. The summed E-state index contributed by atoms with van der Waals surface area (Å²) in [6.07, 6.45) is 1.26. The van der Waals surface area contributed by atoms with Crippen molar-refractivity contribution in [1.29, 1.82) is 0 Å². The molecule has 0 radical (unpaired) electrons. The van der Waals surface area contributed by atoms with E-state index in [0.717, 1.165) is 11.3 Å². The van der Waals surface area contributed by atoms with E-state index in [2.05, 4.69) is 4.98 Å². The van der Waals surface area contributed by atoms with Crippen LogP contribution in [0.4, 0.5) is 0 Å². The van der Waals surface area contributed by atoms with Crippen LogP contribution in [-0.2, 0) is 0 Å². The molecule has 2 heterocycles. The van der Waals surface area contributed by atoms with Crippen molar-refractivity contribution in [3.05, 3.63) is 16.8 Å². The van der Waals surface area contributed by atoms with E-state index in [4.69, 9.17) is 4.42 Å². The fraction of sp³-hybridized carbons (Fsp3) is 0. The molecule has 60 valence electrons. The second kappa shape index (κ2) is 2.53. The Kier molecular flexibility index (Phi) is 1.51. The van der Waals surface area contributed by atoms with Crippen molar-refractivity contribution in [3.63, 3.8) is 0 Å². The maximum Gasteiger partial charge on any atom is 0.209 e. The minimum absolute atomic E-state index is 0.237. The molecule has 0 N–H and O–H groups in total. The van der Waals surface area contributed by atoms with E-state index in [1.165, 1.54) is 6.07 Å². The third-order valence-corrected chi connectivity index (χ3v) is 2.22. The number of aldehydes is 2. The van der Waals surface area contributed by atoms with Gasteiger partial charge in [-0.25, -0.2) is 4.98 Å². The van der Waals surface area contributed by atoms with Crippen molar-refractivity contribution in [3.8, 4) is 0 Å². The summed E-state index contributed by atoms with van der Waals surface area (Å²) in [5, 5.41) is 0.362. The van der Waals surface area contributed by atoms with Gasteiger partial charge in [-0.1, -0.05) is 11.3 Å². The van der Waals surface area contributed by atoms with E-state index in [0.29, 0.717) is 28.0 Å². The zero-order chi connectivity index (χ0) is 8.55. The molecule has 0 bridgehead atoms. The van der Waals surface area contributed by atoms with E-state index in [-0.39, 0.29) is 5.76 Å². The van der Waals surface area contributed by atoms with Gasteiger partial charge < -0.3 is 4.42 Å². The molecule has 2 aromatic heterocycles. The van der Waals surface area contributed by atoms with Crippen LogP contribution < -0.4 is 0 Å². The topological polar surface area (TPSA) is 60.2 Å². The van der Waals surface area contributed by atoms with E-state index in [1.807, 2.05) is 0 Å². The number of hydrogen-bond acceptors (Lipinski definition) is 5. The summed E-state index contributed by atoms with van der Waals surface area (Å²) in [5.41, 5.74) is 0.559. The first-order chi connectivity index (χ1) is 5.83. The number of fused-ring (bicyclic) bond motifs is 1. The predicted octanol–water partition coefficient (Wildman–Crippen LogP) is 1.51. The normalized spacial score (nSPS) is 10.3. The first kappa shape index (κ1) is 7.17. The van der Waals surface area contributed by atoms with E-state index >= 15 is 0 Å². The largest absolute Gasteiger partial charge is 0.441 e. The van der Waals surface area contributed by atoms with Crippen molar-refractivity contribution in [2.24, 2.45) is 0 Å². The standard InChI is InChI=1S/C7H3NO3S/c9-2-4-1-5-7(11-4)12-6(3-10)8-5/h1-3H. The van der Waals surface area contributed by atoms with Crippen molar-refractivity contribution in [1.82, 2.24) is 4.98 Å². The molecule has 5 heteroatoms. The number of carbonyl (C=O) groups excluding carboxylic acids is 2. The number of aromatic nitrogens is 1. The minimum atomic E-state index is 0.237. The summed E-state index contributed by atoms with van der Waals surface area (Å²) >= 11 is 1.13. The highest BCUT2D eigenvalue weighted by atomic mass is 32.1. The maximum atomic E-state index is 10.3. The third-order valence-electron chi connectivity index (χ3n) is 1.34. The van der Waals surface area contributed by atoms with Gasteiger partial charge >= 0.3 is 0 Å². The van der Waals surface area contributed by atoms with Gasteiger partial charge in [0.1, 0.15) is 5.52 Å². The van der Waals surface area contributed by atoms with Gasteiger partial charge in [0.25, 0.3) is 0 Å². The molecular formula is C7H3NO3S. The summed E-state index contributed by atoms with van der Waals surface area (Å²) in [6.45, 7) is 0. The molecule has 0 atom stereocenters. The number of rotatable bonds is 2. The molecule has 12 heavy (non-hydrogen) atoms. The fourth-order valence-corrected chi connectivity index (χ4v) is 1.61. The highest BCUT2D eigenvalue weighted by Crippen LogP contribution is 2.23. The van der Waals surface area contributed by atoms with Gasteiger partial charge in [-0.3, -0.25) is 9.59 Å². The second-order valence-corrected chi connectivity index (χ2v) is 3.10. The lowest BCUT2D eigenvalue weighted by Gasteiger charge is -1.74. The molecule has 0 fully saturated rings. The van der Waals surface area contributed by atoms with Gasteiger partial charge in [-0.2, -0.15) is 0 Å². The lowest BCUT2D eigenvalue weighted by atomic mass is 10.5. The predicted molar refractivity (Wildman–Crippen MR) is 42.7 cm³/mol. The summed E-state index contributed by atoms with van der Waals surface area (Å²) < 4.78 is 5.03. The third kappa shape index (κ3) is 0.947. The Labute approximate surface area is 70.8 Å². The van der Waals surface area contributed by atoms with Crippen LogP contribution in [0.5, 0.6) is 0 Å². The number of furan rings is 1. The van der Waals surface area contributed by atoms with E-state index < -0.39 is 0 Å². The van der Waals surface area contributed by atoms with Gasteiger partial charge in [-0.15, -0.1) is 0 Å². The van der Waals surface area contributed by atoms with Crippen LogP contribution in [0.15, 0.2) is 10.5 Å². The number of nitrogens with zero attached hydrogens (tertiary/aromatic N) is 1. The Morgan fingerprint density at radius 1 is 1.42 bits per heavy atom. The first-order valence-electron chi connectivity index (χ1n) is 3.14.